The van der Waals surface area contributed by atoms with E-state index < -0.39 is 6.43 Å². The van der Waals surface area contributed by atoms with Gasteiger partial charge in [0.2, 0.25) is 0 Å². The Kier molecular flexibility index (Phi) is 3.30. The Morgan fingerprint density at radius 2 is 2.13 bits per heavy atom. The van der Waals surface area contributed by atoms with Crippen LogP contribution in [-0.2, 0) is 6.42 Å². The third-order valence-corrected chi connectivity index (χ3v) is 1.85. The maximum Gasteiger partial charge on any atom is 0.265 e. The number of aryl methyl sites for hydroxylation is 1. The summed E-state index contributed by atoms with van der Waals surface area (Å²) in [6.45, 7) is 1.55. The molecule has 15 heavy (non-hydrogen) atoms. The molecule has 0 saturated heterocycles. The minimum Gasteiger partial charge on any atom is -0.256 e. The Morgan fingerprint density at radius 3 is 2.60 bits per heavy atom. The van der Waals surface area contributed by atoms with Gasteiger partial charge in [0, 0.05) is 11.3 Å². The van der Waals surface area contributed by atoms with E-state index in [0.29, 0.717) is 5.69 Å². The molecule has 5 heteroatoms. The number of nitriles is 2. The maximum absolute atomic E-state index is 12.6. The molecule has 0 saturated carbocycles. The number of hydrogen-bond acceptors (Lipinski definition) is 3. The summed E-state index contributed by atoms with van der Waals surface area (Å²) in [6.07, 6.45) is -2.86. The number of hydrogen-bond donors (Lipinski definition) is 0. The van der Waals surface area contributed by atoms with Gasteiger partial charge in [-0.1, -0.05) is 0 Å². The summed E-state index contributed by atoms with van der Waals surface area (Å²) in [6, 6.07) is 4.63. The molecule has 0 radical (unpaired) electrons. The van der Waals surface area contributed by atoms with Crippen LogP contribution in [0.5, 0.6) is 0 Å². The first-order valence-electron chi connectivity index (χ1n) is 4.15. The van der Waals surface area contributed by atoms with Gasteiger partial charge in [-0.3, -0.25) is 4.98 Å². The van der Waals surface area contributed by atoms with Crippen molar-refractivity contribution in [1.29, 1.82) is 10.5 Å². The molecule has 1 aromatic heterocycles. The molecule has 0 aliphatic carbocycles. The quantitative estimate of drug-likeness (QED) is 0.747. The molecule has 0 bridgehead atoms. The zero-order chi connectivity index (χ0) is 11.4. The SMILES string of the molecule is Cc1cc(C(F)F)c(C#N)c(CC#N)n1. The molecule has 0 aromatic carbocycles. The van der Waals surface area contributed by atoms with Gasteiger partial charge >= 0.3 is 0 Å². The van der Waals surface area contributed by atoms with Crippen LogP contribution in [0.1, 0.15) is 28.9 Å². The van der Waals surface area contributed by atoms with Crippen molar-refractivity contribution in [2.24, 2.45) is 0 Å². The van der Waals surface area contributed by atoms with Crippen LogP contribution in [0.2, 0.25) is 0 Å². The first-order chi connectivity index (χ1) is 7.10. The molecule has 0 fully saturated rings. The minimum atomic E-state index is -2.72. The number of halogens is 2. The third-order valence-electron chi connectivity index (χ3n) is 1.85. The Labute approximate surface area is 85.6 Å². The second-order valence-electron chi connectivity index (χ2n) is 2.92. The molecule has 76 valence electrons. The normalized spacial score (nSPS) is 9.73. The van der Waals surface area contributed by atoms with E-state index in [2.05, 4.69) is 4.98 Å². The van der Waals surface area contributed by atoms with Crippen molar-refractivity contribution in [2.75, 3.05) is 0 Å². The lowest BCUT2D eigenvalue weighted by Gasteiger charge is -2.07. The van der Waals surface area contributed by atoms with Crippen molar-refractivity contribution >= 4 is 0 Å². The van der Waals surface area contributed by atoms with Crippen LogP contribution in [0.4, 0.5) is 8.78 Å². The Balaban J connectivity index is 3.41. The summed E-state index contributed by atoms with van der Waals surface area (Å²) < 4.78 is 25.1. The number of alkyl halides is 2. The lowest BCUT2D eigenvalue weighted by atomic mass is 10.0. The number of aromatic nitrogens is 1. The van der Waals surface area contributed by atoms with Crippen molar-refractivity contribution in [2.45, 2.75) is 19.8 Å². The van der Waals surface area contributed by atoms with E-state index in [9.17, 15) is 8.78 Å². The van der Waals surface area contributed by atoms with Crippen molar-refractivity contribution in [3.8, 4) is 12.1 Å². The Bertz CT molecular complexity index is 455. The highest BCUT2D eigenvalue weighted by Gasteiger charge is 2.17. The van der Waals surface area contributed by atoms with E-state index in [1.54, 1.807) is 19.1 Å². The molecule has 0 unspecified atom stereocenters. The van der Waals surface area contributed by atoms with E-state index in [1.165, 1.54) is 6.07 Å². The highest BCUT2D eigenvalue weighted by Crippen LogP contribution is 2.25. The number of rotatable bonds is 2. The van der Waals surface area contributed by atoms with Gasteiger partial charge in [-0.05, 0) is 13.0 Å². The Hall–Kier alpha value is -2.01. The van der Waals surface area contributed by atoms with Crippen LogP contribution in [0, 0.1) is 29.6 Å². The molecule has 3 nitrogen and oxygen atoms in total. The van der Waals surface area contributed by atoms with Crippen LogP contribution in [-0.4, -0.2) is 4.98 Å². The largest absolute Gasteiger partial charge is 0.265 e. The summed E-state index contributed by atoms with van der Waals surface area (Å²) in [5, 5.41) is 17.2. The number of pyridine rings is 1. The molecular weight excluding hydrogens is 200 g/mol. The molecule has 1 heterocycles. The van der Waals surface area contributed by atoms with Crippen LogP contribution in [0.3, 0.4) is 0 Å². The van der Waals surface area contributed by atoms with Gasteiger partial charge in [0.05, 0.1) is 23.7 Å². The molecule has 0 aliphatic rings. The van der Waals surface area contributed by atoms with Gasteiger partial charge in [-0.15, -0.1) is 0 Å². The topological polar surface area (TPSA) is 60.5 Å². The molecule has 0 N–H and O–H groups in total. The van der Waals surface area contributed by atoms with E-state index >= 15 is 0 Å². The molecule has 0 atom stereocenters. The van der Waals surface area contributed by atoms with Crippen molar-refractivity contribution in [1.82, 2.24) is 4.98 Å². The summed E-state index contributed by atoms with van der Waals surface area (Å²) in [5.41, 5.74) is -0.0303. The van der Waals surface area contributed by atoms with Gasteiger partial charge in [0.15, 0.2) is 0 Å². The Morgan fingerprint density at radius 1 is 1.47 bits per heavy atom. The second kappa shape index (κ2) is 4.47. The van der Waals surface area contributed by atoms with Gasteiger partial charge in [-0.25, -0.2) is 8.78 Å². The zero-order valence-corrected chi connectivity index (χ0v) is 7.96. The standard InChI is InChI=1S/C10H7F2N3/c1-6-4-7(10(11)12)8(5-14)9(15-6)2-3-13/h4,10H,2H2,1H3. The van der Waals surface area contributed by atoms with Crippen molar-refractivity contribution < 1.29 is 8.78 Å². The first kappa shape index (κ1) is 11.1. The second-order valence-corrected chi connectivity index (χ2v) is 2.92. The van der Waals surface area contributed by atoms with Crippen molar-refractivity contribution in [3.63, 3.8) is 0 Å². The summed E-state index contributed by atoms with van der Waals surface area (Å²) in [5.74, 6) is 0. The predicted octanol–water partition coefficient (Wildman–Crippen LogP) is 2.27. The van der Waals surface area contributed by atoms with Crippen LogP contribution < -0.4 is 0 Å². The molecule has 1 aromatic rings. The maximum atomic E-state index is 12.6. The minimum absolute atomic E-state index is 0.121. The third kappa shape index (κ3) is 2.26. The van der Waals surface area contributed by atoms with Gasteiger partial charge in [0.25, 0.3) is 6.43 Å². The molecule has 0 amide bonds. The van der Waals surface area contributed by atoms with Crippen LogP contribution >= 0.6 is 0 Å². The monoisotopic (exact) mass is 207 g/mol. The van der Waals surface area contributed by atoms with E-state index in [1.807, 2.05) is 0 Å². The first-order valence-corrected chi connectivity index (χ1v) is 4.15. The smallest absolute Gasteiger partial charge is 0.256 e. The molecule has 1 rings (SSSR count). The number of nitrogens with zero attached hydrogens (tertiary/aromatic N) is 3. The van der Waals surface area contributed by atoms with Gasteiger partial charge < -0.3 is 0 Å². The highest BCUT2D eigenvalue weighted by molar-refractivity contribution is 5.43. The summed E-state index contributed by atoms with van der Waals surface area (Å²) in [4.78, 5) is 3.90. The average molecular weight is 207 g/mol. The molecule has 0 aliphatic heterocycles. The average Bonchev–Trinajstić information content (AvgIpc) is 2.17. The fraction of sp³-hybridized carbons (Fsp3) is 0.300. The molecular formula is C10H7F2N3. The van der Waals surface area contributed by atoms with Crippen LogP contribution in [0.25, 0.3) is 0 Å². The van der Waals surface area contributed by atoms with Gasteiger partial charge in [0.1, 0.15) is 6.07 Å². The van der Waals surface area contributed by atoms with Gasteiger partial charge in [-0.2, -0.15) is 10.5 Å². The zero-order valence-electron chi connectivity index (χ0n) is 7.96. The van der Waals surface area contributed by atoms with Crippen LogP contribution in [0.15, 0.2) is 6.07 Å². The van der Waals surface area contributed by atoms with E-state index in [-0.39, 0.29) is 23.2 Å². The van der Waals surface area contributed by atoms with E-state index in [0.717, 1.165) is 0 Å². The van der Waals surface area contributed by atoms with Crippen molar-refractivity contribution in [3.05, 3.63) is 28.6 Å². The van der Waals surface area contributed by atoms with E-state index in [4.69, 9.17) is 10.5 Å². The highest BCUT2D eigenvalue weighted by atomic mass is 19.3. The molecule has 0 spiro atoms. The lowest BCUT2D eigenvalue weighted by Crippen LogP contribution is -2.02. The fourth-order valence-corrected chi connectivity index (χ4v) is 1.27. The summed E-state index contributed by atoms with van der Waals surface area (Å²) in [7, 11) is 0. The fourth-order valence-electron chi connectivity index (χ4n) is 1.27. The summed E-state index contributed by atoms with van der Waals surface area (Å²) >= 11 is 0. The predicted molar refractivity (Wildman–Crippen MR) is 48.0 cm³/mol. The lowest BCUT2D eigenvalue weighted by molar-refractivity contribution is 0.150.